The van der Waals surface area contributed by atoms with Gasteiger partial charge in [0.15, 0.2) is 0 Å². The second-order valence-electron chi connectivity index (χ2n) is 2.34. The zero-order valence-corrected chi connectivity index (χ0v) is 10.3. The van der Waals surface area contributed by atoms with Gasteiger partial charge >= 0.3 is 0 Å². The minimum absolute atomic E-state index is 0.0185. The van der Waals surface area contributed by atoms with Crippen molar-refractivity contribution in [1.29, 1.82) is 0 Å². The van der Waals surface area contributed by atoms with Crippen LogP contribution in [-0.2, 0) is 9.13 Å². The molecule has 0 aliphatic carbocycles. The molecule has 0 spiro atoms. The van der Waals surface area contributed by atoms with Gasteiger partial charge in [-0.3, -0.25) is 9.13 Å². The lowest BCUT2D eigenvalue weighted by atomic mass is 10.4. The molecule has 1 unspecified atom stereocenters. The van der Waals surface area contributed by atoms with Crippen LogP contribution in [0, 0.1) is 0 Å². The predicted octanol–water partition coefficient (Wildman–Crippen LogP) is 4.54. The van der Waals surface area contributed by atoms with E-state index in [0.717, 1.165) is 4.90 Å². The summed E-state index contributed by atoms with van der Waals surface area (Å²) in [5, 5.41) is 0. The third-order valence-electron chi connectivity index (χ3n) is 1.50. The Bertz CT molecular complexity index is 307. The molecule has 70 valence electrons. The number of hydrogen-bond donors (Lipinski definition) is 0. The minimum Gasteiger partial charge on any atom is -0.263 e. The summed E-state index contributed by atoms with van der Waals surface area (Å²) < 4.78 is 21.5. The van der Waals surface area contributed by atoms with Crippen LogP contribution >= 0.6 is 34.4 Å². The summed E-state index contributed by atoms with van der Waals surface area (Å²) >= 11 is 0. The summed E-state index contributed by atoms with van der Waals surface area (Å²) in [5.74, 6) is 0. The molecule has 1 aromatic rings. The topological polar surface area (TPSA) is 34.1 Å². The Hall–Kier alpha value is 0.120. The molecule has 1 aromatic carbocycles. The van der Waals surface area contributed by atoms with Crippen molar-refractivity contribution in [2.75, 3.05) is 6.26 Å². The Kier molecular flexibility index (Phi) is 4.40. The highest BCUT2D eigenvalue weighted by Gasteiger charge is 2.22. The van der Waals surface area contributed by atoms with E-state index in [2.05, 4.69) is 0 Å². The maximum absolute atomic E-state index is 11.0. The molecule has 13 heavy (non-hydrogen) atoms. The van der Waals surface area contributed by atoms with Crippen molar-refractivity contribution < 1.29 is 9.13 Å². The SMILES string of the molecule is CS(P=O)(SP=O)c1ccccc1. The first-order valence-corrected chi connectivity index (χ1v) is 9.63. The third-order valence-corrected chi connectivity index (χ3v) is 11.9. The van der Waals surface area contributed by atoms with E-state index in [0.29, 0.717) is 0 Å². The monoisotopic (exact) mass is 250 g/mol. The summed E-state index contributed by atoms with van der Waals surface area (Å²) in [5.41, 5.74) is 0. The lowest BCUT2D eigenvalue weighted by molar-refractivity contribution is 0.604. The second-order valence-corrected chi connectivity index (χ2v) is 12.5. The van der Waals surface area contributed by atoms with Crippen molar-refractivity contribution in [3.63, 3.8) is 0 Å². The summed E-state index contributed by atoms with van der Waals surface area (Å²) in [6.07, 6.45) is 1.88. The predicted molar refractivity (Wildman–Crippen MR) is 61.0 cm³/mol. The lowest BCUT2D eigenvalue weighted by Gasteiger charge is -2.22. The lowest BCUT2D eigenvalue weighted by Crippen LogP contribution is -1.81. The highest BCUT2D eigenvalue weighted by atomic mass is 33.5. The van der Waals surface area contributed by atoms with Gasteiger partial charge in [0.25, 0.3) is 0 Å². The van der Waals surface area contributed by atoms with Crippen molar-refractivity contribution in [1.82, 2.24) is 0 Å². The van der Waals surface area contributed by atoms with Crippen molar-refractivity contribution in [3.8, 4) is 0 Å². The Labute approximate surface area is 85.1 Å². The fourth-order valence-electron chi connectivity index (χ4n) is 0.832. The Morgan fingerprint density at radius 3 is 2.31 bits per heavy atom. The molecule has 0 aliphatic heterocycles. The average Bonchev–Trinajstić information content (AvgIpc) is 2.19. The maximum Gasteiger partial charge on any atom is 0.237 e. The van der Waals surface area contributed by atoms with Gasteiger partial charge in [0.1, 0.15) is 0 Å². The quantitative estimate of drug-likeness (QED) is 0.581. The van der Waals surface area contributed by atoms with Crippen molar-refractivity contribution in [2.24, 2.45) is 0 Å². The van der Waals surface area contributed by atoms with E-state index in [-0.39, 0.29) is 15.3 Å². The highest BCUT2D eigenvalue weighted by molar-refractivity contribution is 9.21. The molecule has 0 N–H and O–H groups in total. The van der Waals surface area contributed by atoms with Gasteiger partial charge in [-0.1, -0.05) is 26.9 Å². The molecular formula is C7H8O2P2S2. The van der Waals surface area contributed by atoms with Crippen LogP contribution < -0.4 is 0 Å². The van der Waals surface area contributed by atoms with Gasteiger partial charge in [-0.25, -0.2) is 0 Å². The highest BCUT2D eigenvalue weighted by Crippen LogP contribution is 2.75. The van der Waals surface area contributed by atoms with Crippen LogP contribution in [0.25, 0.3) is 0 Å². The van der Waals surface area contributed by atoms with Crippen molar-refractivity contribution >= 4 is 34.4 Å². The first-order chi connectivity index (χ1) is 6.23. The van der Waals surface area contributed by atoms with Gasteiger partial charge in [-0.05, 0) is 18.4 Å². The molecule has 1 rings (SSSR count). The van der Waals surface area contributed by atoms with E-state index >= 15 is 0 Å². The largest absolute Gasteiger partial charge is 0.263 e. The number of rotatable bonds is 4. The van der Waals surface area contributed by atoms with Gasteiger partial charge in [-0.2, -0.15) is 0 Å². The zero-order valence-electron chi connectivity index (χ0n) is 6.91. The average molecular weight is 250 g/mol. The van der Waals surface area contributed by atoms with E-state index < -0.39 is 8.68 Å². The van der Waals surface area contributed by atoms with Crippen LogP contribution in [0.2, 0.25) is 0 Å². The van der Waals surface area contributed by atoms with Crippen LogP contribution in [0.3, 0.4) is 0 Å². The molecule has 0 heterocycles. The van der Waals surface area contributed by atoms with Crippen LogP contribution in [0.15, 0.2) is 35.2 Å². The Morgan fingerprint density at radius 2 is 1.85 bits per heavy atom. The summed E-state index contributed by atoms with van der Waals surface area (Å²) in [4.78, 5) is 1.00. The van der Waals surface area contributed by atoms with E-state index in [1.165, 1.54) is 10.4 Å². The van der Waals surface area contributed by atoms with E-state index in [4.69, 9.17) is 0 Å². The van der Waals surface area contributed by atoms with Crippen molar-refractivity contribution in [2.45, 2.75) is 4.90 Å². The number of benzene rings is 1. The van der Waals surface area contributed by atoms with E-state index in [1.54, 1.807) is 0 Å². The fraction of sp³-hybridized carbons (Fsp3) is 0.143. The minimum atomic E-state index is -1.50. The van der Waals surface area contributed by atoms with Gasteiger partial charge < -0.3 is 0 Å². The second kappa shape index (κ2) is 5.11. The fourth-order valence-corrected chi connectivity index (χ4v) is 7.02. The number of hydrogen-bond acceptors (Lipinski definition) is 3. The van der Waals surface area contributed by atoms with Crippen LogP contribution in [0.1, 0.15) is 0 Å². The zero-order chi connectivity index (χ0) is 9.73. The van der Waals surface area contributed by atoms with Crippen LogP contribution in [0.5, 0.6) is 0 Å². The summed E-state index contributed by atoms with van der Waals surface area (Å²) in [6.45, 7) is 0. The van der Waals surface area contributed by atoms with Gasteiger partial charge in [0, 0.05) is 15.3 Å². The first kappa shape index (κ1) is 11.2. The standard InChI is InChI=1S/C7H8O2P2S2/c1-13(11-9,12-10-8)7-5-3-2-4-6-7/h2-6H,1H3. The molecule has 0 saturated carbocycles. The first-order valence-electron chi connectivity index (χ1n) is 3.42. The van der Waals surface area contributed by atoms with Gasteiger partial charge in [0.2, 0.25) is 15.3 Å². The maximum atomic E-state index is 11.0. The van der Waals surface area contributed by atoms with Crippen molar-refractivity contribution in [3.05, 3.63) is 30.3 Å². The Balaban J connectivity index is 3.02. The smallest absolute Gasteiger partial charge is 0.237 e. The molecule has 0 aromatic heterocycles. The van der Waals surface area contributed by atoms with Crippen LogP contribution in [-0.4, -0.2) is 6.26 Å². The Morgan fingerprint density at radius 1 is 1.23 bits per heavy atom. The van der Waals surface area contributed by atoms with E-state index in [1.807, 2.05) is 36.6 Å². The molecule has 0 fully saturated rings. The molecule has 0 saturated heterocycles. The molecule has 0 radical (unpaired) electrons. The molecule has 0 bridgehead atoms. The molecule has 1 atom stereocenters. The normalized spacial score (nSPS) is 18.2. The molecule has 0 aliphatic rings. The molecule has 0 amide bonds. The molecule has 6 heteroatoms. The van der Waals surface area contributed by atoms with Gasteiger partial charge in [0.05, 0.1) is 0 Å². The van der Waals surface area contributed by atoms with E-state index in [9.17, 15) is 9.13 Å². The third kappa shape index (κ3) is 2.78. The summed E-state index contributed by atoms with van der Waals surface area (Å²) in [6, 6.07) is 9.53. The molecular weight excluding hydrogens is 242 g/mol. The molecule has 2 nitrogen and oxygen atoms in total. The van der Waals surface area contributed by atoms with Crippen LogP contribution in [0.4, 0.5) is 0 Å². The van der Waals surface area contributed by atoms with Gasteiger partial charge in [-0.15, -0.1) is 0 Å². The summed E-state index contributed by atoms with van der Waals surface area (Å²) in [7, 11) is -0.251.